The number of amides is 1. The second kappa shape index (κ2) is 4.28. The average molecular weight is 246 g/mol. The highest BCUT2D eigenvalue weighted by molar-refractivity contribution is 5.91. The second-order valence-electron chi connectivity index (χ2n) is 5.14. The van der Waals surface area contributed by atoms with E-state index in [9.17, 15) is 4.79 Å². The first-order valence-corrected chi connectivity index (χ1v) is 6.44. The third kappa shape index (κ3) is 1.77. The van der Waals surface area contributed by atoms with Gasteiger partial charge >= 0.3 is 6.09 Å². The highest BCUT2D eigenvalue weighted by Gasteiger charge is 2.44. The fraction of sp³-hybridized carbons (Fsp3) is 0.500. The lowest BCUT2D eigenvalue weighted by molar-refractivity contribution is 0.117. The summed E-state index contributed by atoms with van der Waals surface area (Å²) in [6.07, 6.45) is 0.734. The summed E-state index contributed by atoms with van der Waals surface area (Å²) >= 11 is 0. The number of ether oxygens (including phenoxy) is 1. The molecule has 3 rings (SSSR count). The van der Waals surface area contributed by atoms with Crippen LogP contribution in [0.1, 0.15) is 17.5 Å². The molecule has 2 aliphatic rings. The highest BCUT2D eigenvalue weighted by atomic mass is 16.6. The van der Waals surface area contributed by atoms with Gasteiger partial charge in [-0.15, -0.1) is 0 Å². The fourth-order valence-corrected chi connectivity index (χ4v) is 2.89. The highest BCUT2D eigenvalue weighted by Crippen LogP contribution is 2.32. The van der Waals surface area contributed by atoms with Crippen LogP contribution in [0.4, 0.5) is 10.5 Å². The Hall–Kier alpha value is -1.55. The molecule has 0 saturated carbocycles. The minimum Gasteiger partial charge on any atom is -0.444 e. The molecule has 2 saturated heterocycles. The maximum absolute atomic E-state index is 12.1. The molecule has 1 aromatic carbocycles. The maximum atomic E-state index is 12.1. The Morgan fingerprint density at radius 3 is 3.00 bits per heavy atom. The minimum absolute atomic E-state index is 0.0412. The number of rotatable bonds is 1. The van der Waals surface area contributed by atoms with Gasteiger partial charge in [-0.25, -0.2) is 4.79 Å². The van der Waals surface area contributed by atoms with E-state index in [1.165, 1.54) is 5.56 Å². The summed E-state index contributed by atoms with van der Waals surface area (Å²) in [5.41, 5.74) is 3.31. The van der Waals surface area contributed by atoms with Gasteiger partial charge in [-0.3, -0.25) is 4.90 Å². The van der Waals surface area contributed by atoms with Crippen LogP contribution in [-0.2, 0) is 4.74 Å². The van der Waals surface area contributed by atoms with Crippen LogP contribution < -0.4 is 10.2 Å². The summed E-state index contributed by atoms with van der Waals surface area (Å²) in [5, 5.41) is 3.33. The van der Waals surface area contributed by atoms with Gasteiger partial charge in [0.05, 0.1) is 11.7 Å². The summed E-state index contributed by atoms with van der Waals surface area (Å²) in [6.45, 7) is 5.84. The van der Waals surface area contributed by atoms with Gasteiger partial charge in [0.1, 0.15) is 6.10 Å². The Morgan fingerprint density at radius 2 is 2.22 bits per heavy atom. The predicted octanol–water partition coefficient (Wildman–Crippen LogP) is 1.99. The Labute approximate surface area is 107 Å². The van der Waals surface area contributed by atoms with Crippen LogP contribution in [0.15, 0.2) is 18.2 Å². The van der Waals surface area contributed by atoms with Crippen LogP contribution >= 0.6 is 0 Å². The number of benzene rings is 1. The van der Waals surface area contributed by atoms with Crippen molar-refractivity contribution in [2.45, 2.75) is 32.4 Å². The van der Waals surface area contributed by atoms with Crippen molar-refractivity contribution < 1.29 is 9.53 Å². The van der Waals surface area contributed by atoms with Gasteiger partial charge in [-0.1, -0.05) is 17.7 Å². The summed E-state index contributed by atoms with van der Waals surface area (Å²) in [5.74, 6) is 0. The van der Waals surface area contributed by atoms with Gasteiger partial charge in [0.2, 0.25) is 0 Å². The van der Waals surface area contributed by atoms with E-state index in [1.54, 1.807) is 0 Å². The molecule has 0 bridgehead atoms. The van der Waals surface area contributed by atoms with Crippen LogP contribution in [0.3, 0.4) is 0 Å². The number of nitrogens with zero attached hydrogens (tertiary/aromatic N) is 1. The van der Waals surface area contributed by atoms with Crippen LogP contribution in [0, 0.1) is 13.8 Å². The Bertz CT molecular complexity index is 487. The Balaban J connectivity index is 1.97. The number of carbonyl (C=O) groups is 1. The summed E-state index contributed by atoms with van der Waals surface area (Å²) in [6, 6.07) is 6.29. The zero-order valence-electron chi connectivity index (χ0n) is 10.8. The standard InChI is InChI=1S/C14H18N2O2/c1-9-3-4-11(10(2)7-9)16-12-8-15-6-5-13(12)18-14(16)17/h3-4,7,12-13,15H,5-6,8H2,1-2H3. The first kappa shape index (κ1) is 11.5. The van der Waals surface area contributed by atoms with E-state index in [1.807, 2.05) is 24.0 Å². The zero-order valence-corrected chi connectivity index (χ0v) is 10.8. The normalized spacial score (nSPS) is 27.0. The molecular formula is C14H18N2O2. The van der Waals surface area contributed by atoms with Crippen molar-refractivity contribution >= 4 is 11.8 Å². The van der Waals surface area contributed by atoms with E-state index in [4.69, 9.17) is 4.74 Å². The number of hydrogen-bond acceptors (Lipinski definition) is 3. The average Bonchev–Trinajstić information content (AvgIpc) is 2.66. The van der Waals surface area contributed by atoms with Crippen molar-refractivity contribution in [3.05, 3.63) is 29.3 Å². The molecule has 96 valence electrons. The summed E-state index contributed by atoms with van der Waals surface area (Å²) in [7, 11) is 0. The minimum atomic E-state index is -0.208. The number of fused-ring (bicyclic) bond motifs is 1. The second-order valence-corrected chi connectivity index (χ2v) is 5.14. The topological polar surface area (TPSA) is 41.6 Å². The molecule has 18 heavy (non-hydrogen) atoms. The van der Waals surface area contributed by atoms with Gasteiger partial charge in [-0.2, -0.15) is 0 Å². The van der Waals surface area contributed by atoms with Crippen LogP contribution in [0.5, 0.6) is 0 Å². The number of nitrogens with one attached hydrogen (secondary N) is 1. The molecule has 2 atom stereocenters. The fourth-order valence-electron chi connectivity index (χ4n) is 2.89. The molecule has 2 fully saturated rings. The molecule has 2 heterocycles. The molecule has 0 aliphatic carbocycles. The Kier molecular flexibility index (Phi) is 2.74. The van der Waals surface area contributed by atoms with Gasteiger partial charge in [-0.05, 0) is 38.4 Å². The van der Waals surface area contributed by atoms with Crippen molar-refractivity contribution in [3.8, 4) is 0 Å². The van der Waals surface area contributed by atoms with Gasteiger partial charge < -0.3 is 10.1 Å². The number of anilines is 1. The first-order chi connectivity index (χ1) is 8.66. The lowest BCUT2D eigenvalue weighted by Crippen LogP contribution is -2.49. The smallest absolute Gasteiger partial charge is 0.415 e. The van der Waals surface area contributed by atoms with E-state index in [-0.39, 0.29) is 18.2 Å². The molecule has 4 heteroatoms. The number of hydrogen-bond donors (Lipinski definition) is 1. The van der Waals surface area contributed by atoms with E-state index >= 15 is 0 Å². The van der Waals surface area contributed by atoms with Crippen molar-refractivity contribution in [1.29, 1.82) is 0 Å². The van der Waals surface area contributed by atoms with Crippen molar-refractivity contribution in [2.24, 2.45) is 0 Å². The van der Waals surface area contributed by atoms with E-state index in [2.05, 4.69) is 18.3 Å². The van der Waals surface area contributed by atoms with E-state index < -0.39 is 0 Å². The SMILES string of the molecule is Cc1ccc(N2C(=O)OC3CCNCC32)c(C)c1. The molecular weight excluding hydrogens is 228 g/mol. The molecule has 2 aliphatic heterocycles. The van der Waals surface area contributed by atoms with Crippen molar-refractivity contribution in [2.75, 3.05) is 18.0 Å². The van der Waals surface area contributed by atoms with Crippen LogP contribution in [0.2, 0.25) is 0 Å². The quantitative estimate of drug-likeness (QED) is 0.824. The van der Waals surface area contributed by atoms with E-state index in [0.717, 1.165) is 30.8 Å². The lowest BCUT2D eigenvalue weighted by Gasteiger charge is -2.29. The zero-order chi connectivity index (χ0) is 12.7. The number of piperidine rings is 1. The van der Waals surface area contributed by atoms with Crippen molar-refractivity contribution in [3.63, 3.8) is 0 Å². The molecule has 0 aromatic heterocycles. The number of carbonyl (C=O) groups excluding carboxylic acids is 1. The third-order valence-corrected chi connectivity index (χ3v) is 3.78. The third-order valence-electron chi connectivity index (χ3n) is 3.78. The van der Waals surface area contributed by atoms with Gasteiger partial charge in [0, 0.05) is 6.54 Å². The molecule has 1 aromatic rings. The first-order valence-electron chi connectivity index (χ1n) is 6.44. The summed E-state index contributed by atoms with van der Waals surface area (Å²) < 4.78 is 5.46. The largest absolute Gasteiger partial charge is 0.444 e. The van der Waals surface area contributed by atoms with Crippen LogP contribution in [0.25, 0.3) is 0 Å². The van der Waals surface area contributed by atoms with Crippen LogP contribution in [-0.4, -0.2) is 31.3 Å². The molecule has 0 radical (unpaired) electrons. The molecule has 4 nitrogen and oxygen atoms in total. The Morgan fingerprint density at radius 1 is 1.39 bits per heavy atom. The lowest BCUT2D eigenvalue weighted by atomic mass is 10.0. The van der Waals surface area contributed by atoms with E-state index in [0.29, 0.717) is 0 Å². The van der Waals surface area contributed by atoms with Crippen molar-refractivity contribution in [1.82, 2.24) is 5.32 Å². The molecule has 2 unspecified atom stereocenters. The predicted molar refractivity (Wildman–Crippen MR) is 69.9 cm³/mol. The van der Waals surface area contributed by atoms with Gasteiger partial charge in [0.25, 0.3) is 0 Å². The monoisotopic (exact) mass is 246 g/mol. The number of aryl methyl sites for hydroxylation is 2. The molecule has 0 spiro atoms. The maximum Gasteiger partial charge on any atom is 0.415 e. The summed E-state index contributed by atoms with van der Waals surface area (Å²) in [4.78, 5) is 13.9. The van der Waals surface area contributed by atoms with Gasteiger partial charge in [0.15, 0.2) is 0 Å². The molecule has 1 N–H and O–H groups in total. The molecule has 1 amide bonds.